The molecule has 0 amide bonds. The molecule has 0 bridgehead atoms. The van der Waals surface area contributed by atoms with Gasteiger partial charge in [-0.15, -0.1) is 0 Å². The summed E-state index contributed by atoms with van der Waals surface area (Å²) in [7, 11) is 0. The monoisotopic (exact) mass is 302 g/mol. The van der Waals surface area contributed by atoms with Crippen LogP contribution in [0.5, 0.6) is 0 Å². The standard InChI is InChI=1S/C15H11BrO2/c16-13-8-6-12(7-9-13)15(18)14(17)10-11-4-2-1-3-5-11/h1-10,17H/b14-10-. The fourth-order valence-electron chi connectivity index (χ4n) is 1.52. The number of benzene rings is 2. The molecule has 18 heavy (non-hydrogen) atoms. The molecule has 0 aromatic heterocycles. The lowest BCUT2D eigenvalue weighted by Crippen LogP contribution is -2.02. The molecule has 0 aliphatic carbocycles. The second-order valence-electron chi connectivity index (χ2n) is 3.78. The second-order valence-corrected chi connectivity index (χ2v) is 4.69. The molecule has 2 aromatic rings. The maximum absolute atomic E-state index is 11.9. The minimum Gasteiger partial charge on any atom is -0.504 e. The summed E-state index contributed by atoms with van der Waals surface area (Å²) in [6.07, 6.45) is 1.46. The third kappa shape index (κ3) is 3.08. The molecule has 0 aliphatic heterocycles. The Morgan fingerprint density at radius 3 is 2.22 bits per heavy atom. The van der Waals surface area contributed by atoms with E-state index in [9.17, 15) is 9.90 Å². The SMILES string of the molecule is O=C(/C(O)=C/c1ccccc1)c1ccc(Br)cc1. The van der Waals surface area contributed by atoms with Gasteiger partial charge in [-0.2, -0.15) is 0 Å². The predicted molar refractivity (Wildman–Crippen MR) is 75.5 cm³/mol. The average molecular weight is 303 g/mol. The summed E-state index contributed by atoms with van der Waals surface area (Å²) >= 11 is 3.30. The van der Waals surface area contributed by atoms with Crippen molar-refractivity contribution in [3.63, 3.8) is 0 Å². The molecule has 0 spiro atoms. The van der Waals surface area contributed by atoms with Gasteiger partial charge in [-0.3, -0.25) is 4.79 Å². The summed E-state index contributed by atoms with van der Waals surface area (Å²) in [6.45, 7) is 0. The number of Topliss-reactive ketones (excluding diaryl/α,β-unsaturated/α-hetero) is 1. The highest BCUT2D eigenvalue weighted by molar-refractivity contribution is 9.10. The number of aliphatic hydroxyl groups is 1. The van der Waals surface area contributed by atoms with E-state index in [-0.39, 0.29) is 11.5 Å². The summed E-state index contributed by atoms with van der Waals surface area (Å²) in [5, 5.41) is 9.79. The minimum atomic E-state index is -0.383. The molecule has 2 rings (SSSR count). The quantitative estimate of drug-likeness (QED) is 0.523. The number of carbonyl (C=O) groups excluding carboxylic acids is 1. The average Bonchev–Trinajstić information content (AvgIpc) is 2.40. The first-order valence-corrected chi connectivity index (χ1v) is 6.22. The summed E-state index contributed by atoms with van der Waals surface area (Å²) in [5.74, 6) is -0.644. The van der Waals surface area contributed by atoms with E-state index in [1.165, 1.54) is 6.08 Å². The number of allylic oxidation sites excluding steroid dienone is 1. The fraction of sp³-hybridized carbons (Fsp3) is 0. The van der Waals surface area contributed by atoms with E-state index in [1.54, 1.807) is 24.3 Å². The van der Waals surface area contributed by atoms with Gasteiger partial charge < -0.3 is 5.11 Å². The van der Waals surface area contributed by atoms with E-state index in [1.807, 2.05) is 30.3 Å². The van der Waals surface area contributed by atoms with Crippen LogP contribution in [0.3, 0.4) is 0 Å². The normalized spacial score (nSPS) is 11.3. The van der Waals surface area contributed by atoms with Gasteiger partial charge in [-0.05, 0) is 35.9 Å². The molecular formula is C15H11BrO2. The van der Waals surface area contributed by atoms with Crippen molar-refractivity contribution in [3.05, 3.63) is 76.0 Å². The van der Waals surface area contributed by atoms with Gasteiger partial charge in [0.2, 0.25) is 5.78 Å². The van der Waals surface area contributed by atoms with Crippen LogP contribution in [0.15, 0.2) is 64.8 Å². The third-order valence-corrected chi connectivity index (χ3v) is 2.97. The molecular weight excluding hydrogens is 292 g/mol. The predicted octanol–water partition coefficient (Wildman–Crippen LogP) is 4.23. The molecule has 90 valence electrons. The van der Waals surface area contributed by atoms with Crippen LogP contribution >= 0.6 is 15.9 Å². The van der Waals surface area contributed by atoms with E-state index in [4.69, 9.17) is 0 Å². The third-order valence-electron chi connectivity index (χ3n) is 2.44. The van der Waals surface area contributed by atoms with Crippen LogP contribution in [0.25, 0.3) is 6.08 Å². The first-order chi connectivity index (χ1) is 8.66. The van der Waals surface area contributed by atoms with E-state index >= 15 is 0 Å². The molecule has 0 unspecified atom stereocenters. The van der Waals surface area contributed by atoms with Crippen molar-refractivity contribution < 1.29 is 9.90 Å². The van der Waals surface area contributed by atoms with Crippen molar-refractivity contribution >= 4 is 27.8 Å². The minimum absolute atomic E-state index is 0.261. The van der Waals surface area contributed by atoms with Gasteiger partial charge >= 0.3 is 0 Å². The Balaban J connectivity index is 2.24. The molecule has 2 nitrogen and oxygen atoms in total. The highest BCUT2D eigenvalue weighted by Gasteiger charge is 2.10. The Labute approximate surface area is 114 Å². The Morgan fingerprint density at radius 1 is 1.00 bits per heavy atom. The summed E-state index contributed by atoms with van der Waals surface area (Å²) < 4.78 is 0.894. The van der Waals surface area contributed by atoms with Gasteiger partial charge in [0, 0.05) is 10.0 Å². The van der Waals surface area contributed by atoms with Crippen molar-refractivity contribution in [2.45, 2.75) is 0 Å². The Hall–Kier alpha value is -1.87. The van der Waals surface area contributed by atoms with Crippen LogP contribution in [-0.2, 0) is 0 Å². The lowest BCUT2D eigenvalue weighted by molar-refractivity contribution is 0.0980. The summed E-state index contributed by atoms with van der Waals surface area (Å²) in [4.78, 5) is 11.9. The van der Waals surface area contributed by atoms with Crippen molar-refractivity contribution in [1.29, 1.82) is 0 Å². The molecule has 3 heteroatoms. The summed E-state index contributed by atoms with van der Waals surface area (Å²) in [6, 6.07) is 16.1. The van der Waals surface area contributed by atoms with Crippen LogP contribution in [-0.4, -0.2) is 10.9 Å². The van der Waals surface area contributed by atoms with Gasteiger partial charge in [0.1, 0.15) is 0 Å². The van der Waals surface area contributed by atoms with Crippen molar-refractivity contribution in [3.8, 4) is 0 Å². The topological polar surface area (TPSA) is 37.3 Å². The fourth-order valence-corrected chi connectivity index (χ4v) is 1.79. The van der Waals surface area contributed by atoms with Crippen LogP contribution in [0.4, 0.5) is 0 Å². The number of hydrogen-bond donors (Lipinski definition) is 1. The van der Waals surface area contributed by atoms with Crippen LogP contribution in [0.2, 0.25) is 0 Å². The van der Waals surface area contributed by atoms with E-state index < -0.39 is 0 Å². The molecule has 2 aromatic carbocycles. The number of rotatable bonds is 3. The van der Waals surface area contributed by atoms with Crippen molar-refractivity contribution in [2.24, 2.45) is 0 Å². The first kappa shape index (κ1) is 12.6. The van der Waals surface area contributed by atoms with Gasteiger partial charge in [-0.25, -0.2) is 0 Å². The van der Waals surface area contributed by atoms with Gasteiger partial charge in [0.05, 0.1) is 0 Å². The molecule has 0 aliphatic rings. The van der Waals surface area contributed by atoms with Crippen molar-refractivity contribution in [2.75, 3.05) is 0 Å². The second kappa shape index (κ2) is 5.65. The van der Waals surface area contributed by atoms with Gasteiger partial charge in [-0.1, -0.05) is 46.3 Å². The van der Waals surface area contributed by atoms with Crippen LogP contribution in [0.1, 0.15) is 15.9 Å². The molecule has 0 saturated carbocycles. The highest BCUT2D eigenvalue weighted by Crippen LogP contribution is 2.14. The van der Waals surface area contributed by atoms with Crippen LogP contribution < -0.4 is 0 Å². The zero-order valence-electron chi connectivity index (χ0n) is 9.51. The molecule has 1 N–H and O–H groups in total. The molecule has 0 heterocycles. The maximum Gasteiger partial charge on any atom is 0.227 e. The number of hydrogen-bond acceptors (Lipinski definition) is 2. The zero-order valence-corrected chi connectivity index (χ0v) is 11.1. The van der Waals surface area contributed by atoms with Crippen molar-refractivity contribution in [1.82, 2.24) is 0 Å². The lowest BCUT2D eigenvalue weighted by Gasteiger charge is -2.00. The number of halogens is 1. The largest absolute Gasteiger partial charge is 0.504 e. The number of aliphatic hydroxyl groups excluding tert-OH is 1. The van der Waals surface area contributed by atoms with E-state index in [0.29, 0.717) is 5.56 Å². The van der Waals surface area contributed by atoms with E-state index in [2.05, 4.69) is 15.9 Å². The Morgan fingerprint density at radius 2 is 1.61 bits per heavy atom. The molecule has 0 fully saturated rings. The lowest BCUT2D eigenvalue weighted by atomic mass is 10.1. The molecule has 0 atom stereocenters. The number of carbonyl (C=O) groups is 1. The summed E-state index contributed by atoms with van der Waals surface area (Å²) in [5.41, 5.74) is 1.25. The molecule has 0 radical (unpaired) electrons. The highest BCUT2D eigenvalue weighted by atomic mass is 79.9. The molecule has 0 saturated heterocycles. The first-order valence-electron chi connectivity index (χ1n) is 5.43. The number of ketones is 1. The Kier molecular flexibility index (Phi) is 3.95. The zero-order chi connectivity index (χ0) is 13.0. The maximum atomic E-state index is 11.9. The van der Waals surface area contributed by atoms with E-state index in [0.717, 1.165) is 10.0 Å². The van der Waals surface area contributed by atoms with Crippen LogP contribution in [0, 0.1) is 0 Å². The van der Waals surface area contributed by atoms with Gasteiger partial charge in [0.25, 0.3) is 0 Å². The Bertz CT molecular complexity index is 571. The van der Waals surface area contributed by atoms with Gasteiger partial charge in [0.15, 0.2) is 5.76 Å². The smallest absolute Gasteiger partial charge is 0.227 e.